The number of aromatic nitrogens is 3. The van der Waals surface area contributed by atoms with Gasteiger partial charge in [0.25, 0.3) is 0 Å². The van der Waals surface area contributed by atoms with E-state index >= 15 is 0 Å². The van der Waals surface area contributed by atoms with Crippen LogP contribution in [0.2, 0.25) is 0 Å². The summed E-state index contributed by atoms with van der Waals surface area (Å²) in [7, 11) is 0. The first-order valence-corrected chi connectivity index (χ1v) is 5.30. The minimum Gasteiger partial charge on any atom is -0.338 e. The molecule has 0 saturated heterocycles. The lowest BCUT2D eigenvalue weighted by Gasteiger charge is -1.98. The van der Waals surface area contributed by atoms with Crippen LogP contribution in [-0.4, -0.2) is 21.5 Å². The van der Waals surface area contributed by atoms with Crippen molar-refractivity contribution in [2.75, 3.05) is 6.54 Å². The van der Waals surface area contributed by atoms with Crippen molar-refractivity contribution in [2.24, 2.45) is 5.73 Å². The van der Waals surface area contributed by atoms with E-state index in [1.165, 1.54) is 5.39 Å². The van der Waals surface area contributed by atoms with Crippen LogP contribution >= 0.6 is 0 Å². The molecule has 3 aromatic heterocycles. The van der Waals surface area contributed by atoms with Gasteiger partial charge < -0.3 is 10.7 Å². The fourth-order valence-electron chi connectivity index (χ4n) is 2.04. The Balaban J connectivity index is 2.39. The van der Waals surface area contributed by atoms with E-state index in [0.717, 1.165) is 28.7 Å². The summed E-state index contributed by atoms with van der Waals surface area (Å²) < 4.78 is 0. The first-order chi connectivity index (χ1) is 7.90. The van der Waals surface area contributed by atoms with Crippen molar-refractivity contribution < 1.29 is 0 Å². The van der Waals surface area contributed by atoms with Gasteiger partial charge in [-0.15, -0.1) is 0 Å². The number of fused-ring (bicyclic) bond motifs is 3. The van der Waals surface area contributed by atoms with Gasteiger partial charge in [0.15, 0.2) is 0 Å². The molecule has 0 amide bonds. The summed E-state index contributed by atoms with van der Waals surface area (Å²) in [4.78, 5) is 12.0. The normalized spacial score (nSPS) is 11.3. The quantitative estimate of drug-likeness (QED) is 0.678. The Morgan fingerprint density at radius 2 is 2.06 bits per heavy atom. The maximum Gasteiger partial charge on any atom is 0.138 e. The van der Waals surface area contributed by atoms with Crippen molar-refractivity contribution in [1.82, 2.24) is 15.0 Å². The second-order valence-corrected chi connectivity index (χ2v) is 3.74. The van der Waals surface area contributed by atoms with E-state index in [4.69, 9.17) is 5.73 Å². The van der Waals surface area contributed by atoms with E-state index in [2.05, 4.69) is 21.0 Å². The van der Waals surface area contributed by atoms with Crippen molar-refractivity contribution in [3.05, 3.63) is 36.3 Å². The molecule has 4 nitrogen and oxygen atoms in total. The number of hydrogen-bond acceptors (Lipinski definition) is 3. The standard InChI is InChI=1S/C12H12N4/c13-5-3-10-11-8(4-7-14-10)9-2-1-6-15-12(9)16-11/h1-2,4,6-7H,3,5,13H2,(H,15,16). The van der Waals surface area contributed by atoms with E-state index in [-0.39, 0.29) is 0 Å². The molecule has 0 atom stereocenters. The summed E-state index contributed by atoms with van der Waals surface area (Å²) >= 11 is 0. The van der Waals surface area contributed by atoms with Crippen molar-refractivity contribution in [3.8, 4) is 0 Å². The summed E-state index contributed by atoms with van der Waals surface area (Å²) in [6.45, 7) is 0.606. The zero-order chi connectivity index (χ0) is 11.0. The lowest BCUT2D eigenvalue weighted by atomic mass is 10.1. The molecule has 3 rings (SSSR count). The molecule has 0 radical (unpaired) electrons. The minimum absolute atomic E-state index is 0.606. The fraction of sp³-hybridized carbons (Fsp3) is 0.167. The molecule has 0 unspecified atom stereocenters. The smallest absolute Gasteiger partial charge is 0.138 e. The number of H-pyrrole nitrogens is 1. The van der Waals surface area contributed by atoms with E-state index in [0.29, 0.717) is 6.54 Å². The number of aromatic amines is 1. The van der Waals surface area contributed by atoms with Crippen LogP contribution in [0.3, 0.4) is 0 Å². The molecule has 3 aromatic rings. The predicted molar refractivity (Wildman–Crippen MR) is 64.2 cm³/mol. The predicted octanol–water partition coefficient (Wildman–Crippen LogP) is 1.61. The molecule has 4 heteroatoms. The average molecular weight is 212 g/mol. The molecular weight excluding hydrogens is 200 g/mol. The maximum absolute atomic E-state index is 5.58. The summed E-state index contributed by atoms with van der Waals surface area (Å²) in [5, 5.41) is 2.31. The van der Waals surface area contributed by atoms with Gasteiger partial charge >= 0.3 is 0 Å². The van der Waals surface area contributed by atoms with E-state index in [1.54, 1.807) is 6.20 Å². The lowest BCUT2D eigenvalue weighted by Crippen LogP contribution is -2.04. The molecule has 0 aromatic carbocycles. The summed E-state index contributed by atoms with van der Waals surface area (Å²) in [6, 6.07) is 6.02. The third kappa shape index (κ3) is 1.27. The number of nitrogens with one attached hydrogen (secondary N) is 1. The highest BCUT2D eigenvalue weighted by Crippen LogP contribution is 2.24. The molecule has 3 N–H and O–H groups in total. The molecular formula is C12H12N4. The van der Waals surface area contributed by atoms with E-state index in [9.17, 15) is 0 Å². The molecule has 0 fully saturated rings. The van der Waals surface area contributed by atoms with Crippen LogP contribution in [0.5, 0.6) is 0 Å². The maximum atomic E-state index is 5.58. The van der Waals surface area contributed by atoms with Gasteiger partial charge in [-0.2, -0.15) is 0 Å². The van der Waals surface area contributed by atoms with Gasteiger partial charge in [0.2, 0.25) is 0 Å². The zero-order valence-corrected chi connectivity index (χ0v) is 8.77. The van der Waals surface area contributed by atoms with Gasteiger partial charge in [0, 0.05) is 29.6 Å². The Bertz CT molecular complexity index is 642. The monoisotopic (exact) mass is 212 g/mol. The Morgan fingerprint density at radius 3 is 2.94 bits per heavy atom. The first-order valence-electron chi connectivity index (χ1n) is 5.30. The molecule has 3 heterocycles. The average Bonchev–Trinajstić information content (AvgIpc) is 2.69. The topological polar surface area (TPSA) is 67.6 Å². The Morgan fingerprint density at radius 1 is 1.12 bits per heavy atom. The summed E-state index contributed by atoms with van der Waals surface area (Å²) in [5.74, 6) is 0. The van der Waals surface area contributed by atoms with E-state index in [1.807, 2.05) is 18.3 Å². The third-order valence-electron chi connectivity index (χ3n) is 2.75. The zero-order valence-electron chi connectivity index (χ0n) is 8.77. The highest BCUT2D eigenvalue weighted by Gasteiger charge is 2.08. The first kappa shape index (κ1) is 9.30. The Kier molecular flexibility index (Phi) is 2.08. The molecule has 0 bridgehead atoms. The molecule has 0 aliphatic carbocycles. The van der Waals surface area contributed by atoms with Crippen LogP contribution in [-0.2, 0) is 6.42 Å². The highest BCUT2D eigenvalue weighted by molar-refractivity contribution is 6.06. The minimum atomic E-state index is 0.606. The molecule has 0 spiro atoms. The lowest BCUT2D eigenvalue weighted by molar-refractivity contribution is 0.932. The summed E-state index contributed by atoms with van der Waals surface area (Å²) in [6.07, 6.45) is 4.39. The third-order valence-corrected chi connectivity index (χ3v) is 2.75. The van der Waals surface area contributed by atoms with Crippen LogP contribution in [0.15, 0.2) is 30.6 Å². The molecule has 0 aliphatic rings. The van der Waals surface area contributed by atoms with E-state index < -0.39 is 0 Å². The largest absolute Gasteiger partial charge is 0.338 e. The number of nitrogens with two attached hydrogens (primary N) is 1. The van der Waals surface area contributed by atoms with Crippen molar-refractivity contribution in [1.29, 1.82) is 0 Å². The van der Waals surface area contributed by atoms with Crippen LogP contribution in [0.4, 0.5) is 0 Å². The molecule has 0 saturated carbocycles. The molecule has 0 aliphatic heterocycles. The second kappa shape index (κ2) is 3.57. The Hall–Kier alpha value is -1.94. The van der Waals surface area contributed by atoms with Crippen LogP contribution < -0.4 is 5.73 Å². The summed E-state index contributed by atoms with van der Waals surface area (Å²) in [5.41, 5.74) is 8.55. The number of rotatable bonds is 2. The number of nitrogens with zero attached hydrogens (tertiary/aromatic N) is 2. The van der Waals surface area contributed by atoms with Gasteiger partial charge in [-0.3, -0.25) is 4.98 Å². The van der Waals surface area contributed by atoms with Gasteiger partial charge in [-0.1, -0.05) is 0 Å². The molecule has 80 valence electrons. The van der Waals surface area contributed by atoms with Crippen molar-refractivity contribution in [2.45, 2.75) is 6.42 Å². The van der Waals surface area contributed by atoms with Gasteiger partial charge in [0.1, 0.15) is 5.65 Å². The number of hydrogen-bond donors (Lipinski definition) is 2. The van der Waals surface area contributed by atoms with Gasteiger partial charge in [0.05, 0.1) is 11.2 Å². The van der Waals surface area contributed by atoms with Crippen LogP contribution in [0, 0.1) is 0 Å². The van der Waals surface area contributed by atoms with Crippen molar-refractivity contribution >= 4 is 21.9 Å². The van der Waals surface area contributed by atoms with Crippen molar-refractivity contribution in [3.63, 3.8) is 0 Å². The molecule has 16 heavy (non-hydrogen) atoms. The van der Waals surface area contributed by atoms with Gasteiger partial charge in [-0.05, 0) is 24.7 Å². The van der Waals surface area contributed by atoms with Gasteiger partial charge in [-0.25, -0.2) is 4.98 Å². The fourth-order valence-corrected chi connectivity index (χ4v) is 2.04. The van der Waals surface area contributed by atoms with Crippen LogP contribution in [0.1, 0.15) is 5.69 Å². The highest BCUT2D eigenvalue weighted by atomic mass is 14.9. The SMILES string of the molecule is NCCc1nccc2c1[nH]c1ncccc12. The second-order valence-electron chi connectivity index (χ2n) is 3.74. The van der Waals surface area contributed by atoms with Crippen LogP contribution in [0.25, 0.3) is 21.9 Å². The Labute approximate surface area is 92.5 Å². The number of pyridine rings is 2.